The molecule has 8 heteroatoms. The van der Waals surface area contributed by atoms with Crippen molar-refractivity contribution in [1.29, 1.82) is 0 Å². The molecule has 1 aromatic heterocycles. The molecule has 0 unspecified atom stereocenters. The van der Waals surface area contributed by atoms with E-state index >= 15 is 0 Å². The number of nitro benzene ring substituents is 1. The van der Waals surface area contributed by atoms with Gasteiger partial charge in [-0.1, -0.05) is 0 Å². The number of nitrogens with zero attached hydrogens (tertiary/aromatic N) is 3. The Labute approximate surface area is 133 Å². The Morgan fingerprint density at radius 1 is 1.35 bits per heavy atom. The molecule has 0 aliphatic rings. The highest BCUT2D eigenvalue weighted by Gasteiger charge is 2.19. The number of amides is 1. The fourth-order valence-corrected chi connectivity index (χ4v) is 2.08. The van der Waals surface area contributed by atoms with E-state index in [0.717, 1.165) is 11.4 Å². The molecule has 0 aliphatic carbocycles. The highest BCUT2D eigenvalue weighted by Crippen LogP contribution is 2.21. The summed E-state index contributed by atoms with van der Waals surface area (Å²) in [6, 6.07) is 5.58. The average Bonchev–Trinajstić information content (AvgIpc) is 2.74. The van der Waals surface area contributed by atoms with E-state index in [-0.39, 0.29) is 11.6 Å². The van der Waals surface area contributed by atoms with Gasteiger partial charge in [0.1, 0.15) is 5.75 Å². The summed E-state index contributed by atoms with van der Waals surface area (Å²) in [6.45, 7) is 5.28. The Hall–Kier alpha value is -2.90. The van der Waals surface area contributed by atoms with Gasteiger partial charge in [0.15, 0.2) is 6.10 Å². The van der Waals surface area contributed by atoms with Crippen molar-refractivity contribution in [2.75, 3.05) is 5.32 Å². The topological polar surface area (TPSA) is 99.3 Å². The highest BCUT2D eigenvalue weighted by atomic mass is 16.6. The zero-order chi connectivity index (χ0) is 17.1. The summed E-state index contributed by atoms with van der Waals surface area (Å²) in [5.74, 6) is 0.0698. The van der Waals surface area contributed by atoms with E-state index < -0.39 is 11.0 Å². The molecule has 2 rings (SSSR count). The molecule has 1 N–H and O–H groups in total. The molecule has 1 aromatic carbocycles. The molecular formula is C15H18N4O4. The quantitative estimate of drug-likeness (QED) is 0.674. The number of hydrogen-bond acceptors (Lipinski definition) is 5. The first-order chi connectivity index (χ1) is 10.8. The monoisotopic (exact) mass is 318 g/mol. The van der Waals surface area contributed by atoms with Crippen molar-refractivity contribution in [3.8, 4) is 5.75 Å². The molecule has 0 fully saturated rings. The Morgan fingerprint density at radius 3 is 2.43 bits per heavy atom. The molecule has 1 heterocycles. The van der Waals surface area contributed by atoms with Crippen molar-refractivity contribution in [3.63, 3.8) is 0 Å². The van der Waals surface area contributed by atoms with Crippen LogP contribution in [0, 0.1) is 24.0 Å². The third-order valence-electron chi connectivity index (χ3n) is 3.49. The first kappa shape index (κ1) is 16.5. The van der Waals surface area contributed by atoms with Crippen molar-refractivity contribution in [2.24, 2.45) is 7.05 Å². The summed E-state index contributed by atoms with van der Waals surface area (Å²) in [5.41, 5.74) is 2.20. The van der Waals surface area contributed by atoms with Crippen molar-refractivity contribution in [3.05, 3.63) is 45.8 Å². The molecule has 2 aromatic rings. The molecule has 8 nitrogen and oxygen atoms in total. The smallest absolute Gasteiger partial charge is 0.269 e. The standard InChI is InChI=1S/C15H18N4O4/c1-9-14(10(2)18(4)17-9)16-15(20)11(3)23-13-7-5-12(6-8-13)19(21)22/h5-8,11H,1-4H3,(H,16,20)/t11-/m0/s1. The number of carbonyl (C=O) groups excluding carboxylic acids is 1. The van der Waals surface area contributed by atoms with Gasteiger partial charge in [0.25, 0.3) is 11.6 Å². The van der Waals surface area contributed by atoms with Gasteiger partial charge in [-0.2, -0.15) is 5.10 Å². The van der Waals surface area contributed by atoms with Crippen molar-refractivity contribution < 1.29 is 14.5 Å². The van der Waals surface area contributed by atoms with Crippen LogP contribution in [0.4, 0.5) is 11.4 Å². The number of nitro groups is 1. The van der Waals surface area contributed by atoms with Gasteiger partial charge in [-0.3, -0.25) is 19.6 Å². The number of nitrogens with one attached hydrogen (secondary N) is 1. The summed E-state index contributed by atoms with van der Waals surface area (Å²) >= 11 is 0. The van der Waals surface area contributed by atoms with Crippen LogP contribution in [0.5, 0.6) is 5.75 Å². The Balaban J connectivity index is 2.03. The molecule has 23 heavy (non-hydrogen) atoms. The van der Waals surface area contributed by atoms with Gasteiger partial charge in [-0.05, 0) is 32.9 Å². The summed E-state index contributed by atoms with van der Waals surface area (Å²) in [5, 5.41) is 17.6. The molecule has 0 spiro atoms. The average molecular weight is 318 g/mol. The lowest BCUT2D eigenvalue weighted by molar-refractivity contribution is -0.384. The minimum Gasteiger partial charge on any atom is -0.481 e. The molecule has 0 bridgehead atoms. The number of aryl methyl sites for hydroxylation is 2. The maximum atomic E-state index is 12.2. The fraction of sp³-hybridized carbons (Fsp3) is 0.333. The first-order valence-corrected chi connectivity index (χ1v) is 7.01. The summed E-state index contributed by atoms with van der Waals surface area (Å²) < 4.78 is 7.20. The lowest BCUT2D eigenvalue weighted by Crippen LogP contribution is -2.30. The Bertz CT molecular complexity index is 737. The lowest BCUT2D eigenvalue weighted by atomic mass is 10.2. The van der Waals surface area contributed by atoms with E-state index in [1.165, 1.54) is 24.3 Å². The lowest BCUT2D eigenvalue weighted by Gasteiger charge is -2.14. The van der Waals surface area contributed by atoms with E-state index in [1.807, 2.05) is 13.8 Å². The Kier molecular flexibility index (Phi) is 4.63. The zero-order valence-corrected chi connectivity index (χ0v) is 13.4. The van der Waals surface area contributed by atoms with E-state index in [4.69, 9.17) is 4.74 Å². The predicted octanol–water partition coefficient (Wildman–Crippen LogP) is 2.35. The molecule has 0 saturated carbocycles. The number of ether oxygens (including phenoxy) is 1. The third-order valence-corrected chi connectivity index (χ3v) is 3.49. The van der Waals surface area contributed by atoms with Crippen LogP contribution in [0.15, 0.2) is 24.3 Å². The second-order valence-corrected chi connectivity index (χ2v) is 5.17. The number of anilines is 1. The molecule has 0 saturated heterocycles. The number of rotatable bonds is 5. The van der Waals surface area contributed by atoms with Crippen LogP contribution < -0.4 is 10.1 Å². The maximum Gasteiger partial charge on any atom is 0.269 e. The van der Waals surface area contributed by atoms with Gasteiger partial charge in [0, 0.05) is 19.2 Å². The highest BCUT2D eigenvalue weighted by molar-refractivity contribution is 5.95. The predicted molar refractivity (Wildman–Crippen MR) is 84.5 cm³/mol. The third kappa shape index (κ3) is 3.65. The molecule has 1 amide bonds. The van der Waals surface area contributed by atoms with Gasteiger partial charge in [0.2, 0.25) is 0 Å². The molecular weight excluding hydrogens is 300 g/mol. The Morgan fingerprint density at radius 2 is 1.96 bits per heavy atom. The van der Waals surface area contributed by atoms with E-state index in [0.29, 0.717) is 11.4 Å². The summed E-state index contributed by atoms with van der Waals surface area (Å²) in [4.78, 5) is 22.3. The maximum absolute atomic E-state index is 12.2. The van der Waals surface area contributed by atoms with Gasteiger partial charge in [0.05, 0.1) is 22.0 Å². The zero-order valence-electron chi connectivity index (χ0n) is 13.4. The van der Waals surface area contributed by atoms with Crippen LogP contribution >= 0.6 is 0 Å². The van der Waals surface area contributed by atoms with Gasteiger partial charge in [-0.15, -0.1) is 0 Å². The largest absolute Gasteiger partial charge is 0.481 e. The van der Waals surface area contributed by atoms with E-state index in [9.17, 15) is 14.9 Å². The minimum atomic E-state index is -0.754. The van der Waals surface area contributed by atoms with Crippen LogP contribution in [0.3, 0.4) is 0 Å². The number of carbonyl (C=O) groups is 1. The molecule has 0 radical (unpaired) electrons. The second kappa shape index (κ2) is 6.47. The van der Waals surface area contributed by atoms with Crippen LogP contribution in [-0.2, 0) is 11.8 Å². The van der Waals surface area contributed by atoms with Crippen LogP contribution in [-0.4, -0.2) is 26.7 Å². The summed E-state index contributed by atoms with van der Waals surface area (Å²) in [6.07, 6.45) is -0.754. The number of non-ortho nitro benzene ring substituents is 1. The fourth-order valence-electron chi connectivity index (χ4n) is 2.08. The number of benzene rings is 1. The number of aromatic nitrogens is 2. The SMILES string of the molecule is Cc1nn(C)c(C)c1NC(=O)[C@H](C)Oc1ccc([N+](=O)[O-])cc1. The van der Waals surface area contributed by atoms with Crippen molar-refractivity contribution >= 4 is 17.3 Å². The van der Waals surface area contributed by atoms with Gasteiger partial charge in [-0.25, -0.2) is 0 Å². The van der Waals surface area contributed by atoms with Gasteiger partial charge >= 0.3 is 0 Å². The van der Waals surface area contributed by atoms with E-state index in [1.54, 1.807) is 18.7 Å². The van der Waals surface area contributed by atoms with E-state index in [2.05, 4.69) is 10.4 Å². The number of hydrogen-bond donors (Lipinski definition) is 1. The van der Waals surface area contributed by atoms with Crippen LogP contribution in [0.1, 0.15) is 18.3 Å². The van der Waals surface area contributed by atoms with Crippen molar-refractivity contribution in [2.45, 2.75) is 26.9 Å². The molecule has 122 valence electrons. The molecule has 0 aliphatic heterocycles. The summed E-state index contributed by atoms with van der Waals surface area (Å²) in [7, 11) is 1.80. The van der Waals surface area contributed by atoms with Crippen molar-refractivity contribution in [1.82, 2.24) is 9.78 Å². The van der Waals surface area contributed by atoms with Gasteiger partial charge < -0.3 is 10.1 Å². The van der Waals surface area contributed by atoms with Crippen LogP contribution in [0.25, 0.3) is 0 Å². The minimum absolute atomic E-state index is 0.0314. The normalized spacial score (nSPS) is 11.8. The first-order valence-electron chi connectivity index (χ1n) is 7.01. The molecule has 1 atom stereocenters. The second-order valence-electron chi connectivity index (χ2n) is 5.17. The van der Waals surface area contributed by atoms with Crippen LogP contribution in [0.2, 0.25) is 0 Å².